The van der Waals surface area contributed by atoms with Gasteiger partial charge in [0.1, 0.15) is 0 Å². The van der Waals surface area contributed by atoms with Crippen LogP contribution in [0.2, 0.25) is 0 Å². The summed E-state index contributed by atoms with van der Waals surface area (Å²) in [5.41, 5.74) is 1.44. The van der Waals surface area contributed by atoms with Crippen molar-refractivity contribution < 1.29 is 9.90 Å². The topological polar surface area (TPSA) is 49.3 Å². The SMILES string of the molecule is CC(=CC(=O)NCC(C)(O)C(C)C)CCc1ccccc1. The maximum absolute atomic E-state index is 11.8. The highest BCUT2D eigenvalue weighted by Gasteiger charge is 2.24. The van der Waals surface area contributed by atoms with E-state index in [1.54, 1.807) is 13.0 Å². The van der Waals surface area contributed by atoms with Crippen LogP contribution >= 0.6 is 0 Å². The van der Waals surface area contributed by atoms with Crippen LogP contribution in [-0.2, 0) is 11.2 Å². The molecule has 21 heavy (non-hydrogen) atoms. The maximum atomic E-state index is 11.8. The van der Waals surface area contributed by atoms with Crippen LogP contribution in [0.15, 0.2) is 42.0 Å². The smallest absolute Gasteiger partial charge is 0.244 e. The third-order valence-corrected chi connectivity index (χ3v) is 3.89. The summed E-state index contributed by atoms with van der Waals surface area (Å²) in [7, 11) is 0. The van der Waals surface area contributed by atoms with E-state index < -0.39 is 5.60 Å². The van der Waals surface area contributed by atoms with Gasteiger partial charge in [-0.05, 0) is 38.2 Å². The Morgan fingerprint density at radius 1 is 1.33 bits per heavy atom. The van der Waals surface area contributed by atoms with Gasteiger partial charge in [0.15, 0.2) is 0 Å². The lowest BCUT2D eigenvalue weighted by molar-refractivity contribution is -0.118. The van der Waals surface area contributed by atoms with Crippen molar-refractivity contribution in [2.45, 2.75) is 46.1 Å². The first kappa shape index (κ1) is 17.4. The molecule has 1 rings (SSSR count). The van der Waals surface area contributed by atoms with Gasteiger partial charge in [-0.3, -0.25) is 4.79 Å². The van der Waals surface area contributed by atoms with Gasteiger partial charge in [-0.1, -0.05) is 49.8 Å². The molecular weight excluding hydrogens is 262 g/mol. The number of hydrogen-bond donors (Lipinski definition) is 2. The van der Waals surface area contributed by atoms with Gasteiger partial charge >= 0.3 is 0 Å². The molecule has 3 heteroatoms. The second kappa shape index (κ2) is 7.99. The van der Waals surface area contributed by atoms with Crippen LogP contribution in [0.3, 0.4) is 0 Å². The normalized spacial score (nSPS) is 14.9. The Morgan fingerprint density at radius 2 is 1.95 bits per heavy atom. The molecule has 0 aromatic heterocycles. The quantitative estimate of drug-likeness (QED) is 0.758. The predicted molar refractivity (Wildman–Crippen MR) is 87.0 cm³/mol. The van der Waals surface area contributed by atoms with E-state index in [9.17, 15) is 9.90 Å². The number of amides is 1. The molecule has 1 aromatic carbocycles. The number of carbonyl (C=O) groups excluding carboxylic acids is 1. The van der Waals surface area contributed by atoms with Crippen LogP contribution in [0.4, 0.5) is 0 Å². The van der Waals surface area contributed by atoms with E-state index in [4.69, 9.17) is 0 Å². The van der Waals surface area contributed by atoms with Crippen LogP contribution in [0.5, 0.6) is 0 Å². The van der Waals surface area contributed by atoms with Crippen LogP contribution in [0.1, 0.15) is 39.7 Å². The third kappa shape index (κ3) is 6.58. The Bertz CT molecular complexity index is 475. The third-order valence-electron chi connectivity index (χ3n) is 3.89. The molecule has 0 radical (unpaired) electrons. The Kier molecular flexibility index (Phi) is 6.63. The van der Waals surface area contributed by atoms with Crippen molar-refractivity contribution in [3.8, 4) is 0 Å². The van der Waals surface area contributed by atoms with Gasteiger partial charge < -0.3 is 10.4 Å². The molecule has 116 valence electrons. The van der Waals surface area contributed by atoms with Gasteiger partial charge in [0.2, 0.25) is 5.91 Å². The second-order valence-electron chi connectivity index (χ2n) is 6.21. The molecule has 1 aromatic rings. The fourth-order valence-electron chi connectivity index (χ4n) is 1.80. The van der Waals surface area contributed by atoms with Gasteiger partial charge in [0.25, 0.3) is 0 Å². The van der Waals surface area contributed by atoms with Crippen molar-refractivity contribution in [1.29, 1.82) is 0 Å². The minimum Gasteiger partial charge on any atom is -0.388 e. The monoisotopic (exact) mass is 289 g/mol. The highest BCUT2D eigenvalue weighted by atomic mass is 16.3. The molecule has 1 atom stereocenters. The van der Waals surface area contributed by atoms with Crippen LogP contribution in [0, 0.1) is 5.92 Å². The first-order valence-corrected chi connectivity index (χ1v) is 7.52. The fraction of sp³-hybridized carbons (Fsp3) is 0.500. The molecule has 0 bridgehead atoms. The summed E-state index contributed by atoms with van der Waals surface area (Å²) in [5, 5.41) is 12.9. The summed E-state index contributed by atoms with van der Waals surface area (Å²) in [6, 6.07) is 10.2. The van der Waals surface area contributed by atoms with Gasteiger partial charge in [0, 0.05) is 12.6 Å². The van der Waals surface area contributed by atoms with Crippen molar-refractivity contribution in [2.75, 3.05) is 6.54 Å². The average molecular weight is 289 g/mol. The molecule has 1 unspecified atom stereocenters. The van der Waals surface area contributed by atoms with Gasteiger partial charge in [-0.25, -0.2) is 0 Å². The van der Waals surface area contributed by atoms with Crippen molar-refractivity contribution in [3.05, 3.63) is 47.5 Å². The van der Waals surface area contributed by atoms with Gasteiger partial charge in [-0.2, -0.15) is 0 Å². The van der Waals surface area contributed by atoms with Crippen LogP contribution in [-0.4, -0.2) is 23.2 Å². The van der Waals surface area contributed by atoms with Crippen molar-refractivity contribution in [3.63, 3.8) is 0 Å². The van der Waals surface area contributed by atoms with Crippen molar-refractivity contribution >= 4 is 5.91 Å². The largest absolute Gasteiger partial charge is 0.388 e. The minimum absolute atomic E-state index is 0.0981. The standard InChI is InChI=1S/C18H27NO2/c1-14(2)18(4,21)13-19-17(20)12-15(3)10-11-16-8-6-5-7-9-16/h5-9,12,14,21H,10-11,13H2,1-4H3,(H,19,20). The molecule has 0 aliphatic rings. The van der Waals surface area contributed by atoms with E-state index in [-0.39, 0.29) is 18.4 Å². The van der Waals surface area contributed by atoms with E-state index >= 15 is 0 Å². The number of nitrogens with one attached hydrogen (secondary N) is 1. The lowest BCUT2D eigenvalue weighted by atomic mass is 9.92. The number of allylic oxidation sites excluding steroid dienone is 1. The van der Waals surface area contributed by atoms with E-state index in [0.29, 0.717) is 0 Å². The zero-order valence-electron chi connectivity index (χ0n) is 13.5. The van der Waals surface area contributed by atoms with Crippen LogP contribution < -0.4 is 5.32 Å². The summed E-state index contributed by atoms with van der Waals surface area (Å²) >= 11 is 0. The first-order chi connectivity index (χ1) is 9.81. The number of carbonyl (C=O) groups is 1. The van der Waals surface area contributed by atoms with Gasteiger partial charge in [-0.15, -0.1) is 0 Å². The van der Waals surface area contributed by atoms with Crippen molar-refractivity contribution in [2.24, 2.45) is 5.92 Å². The summed E-state index contributed by atoms with van der Waals surface area (Å²) < 4.78 is 0. The lowest BCUT2D eigenvalue weighted by Crippen LogP contribution is -2.43. The molecule has 0 saturated heterocycles. The summed E-state index contributed by atoms with van der Waals surface area (Å²) in [6.45, 7) is 7.85. The van der Waals surface area contributed by atoms with E-state index in [2.05, 4.69) is 17.4 Å². The molecule has 0 aliphatic heterocycles. The van der Waals surface area contributed by atoms with Crippen LogP contribution in [0.25, 0.3) is 0 Å². The maximum Gasteiger partial charge on any atom is 0.244 e. The highest BCUT2D eigenvalue weighted by Crippen LogP contribution is 2.14. The molecule has 1 amide bonds. The van der Waals surface area contributed by atoms with Gasteiger partial charge in [0.05, 0.1) is 5.60 Å². The fourth-order valence-corrected chi connectivity index (χ4v) is 1.80. The molecule has 0 heterocycles. The predicted octanol–water partition coefficient (Wildman–Crippen LogP) is 3.09. The lowest BCUT2D eigenvalue weighted by Gasteiger charge is -2.27. The summed E-state index contributed by atoms with van der Waals surface area (Å²) in [6.07, 6.45) is 3.41. The summed E-state index contributed by atoms with van der Waals surface area (Å²) in [4.78, 5) is 11.8. The minimum atomic E-state index is -0.874. The Labute approximate surface area is 128 Å². The number of hydrogen-bond acceptors (Lipinski definition) is 2. The Morgan fingerprint density at radius 3 is 2.52 bits per heavy atom. The number of rotatable bonds is 7. The zero-order valence-corrected chi connectivity index (χ0v) is 13.5. The highest BCUT2D eigenvalue weighted by molar-refractivity contribution is 5.88. The molecular formula is C18H27NO2. The number of aryl methyl sites for hydroxylation is 1. The van der Waals surface area contributed by atoms with E-state index in [1.165, 1.54) is 5.56 Å². The average Bonchev–Trinajstić information content (AvgIpc) is 2.44. The molecule has 0 spiro atoms. The Balaban J connectivity index is 2.41. The summed E-state index contributed by atoms with van der Waals surface area (Å²) in [5.74, 6) is -0.0394. The molecule has 0 aliphatic carbocycles. The van der Waals surface area contributed by atoms with Crippen molar-refractivity contribution in [1.82, 2.24) is 5.32 Å². The number of benzene rings is 1. The second-order valence-corrected chi connectivity index (χ2v) is 6.21. The Hall–Kier alpha value is -1.61. The van der Waals surface area contributed by atoms with E-state index in [1.807, 2.05) is 39.0 Å². The molecule has 0 fully saturated rings. The molecule has 3 nitrogen and oxygen atoms in total. The number of aliphatic hydroxyl groups is 1. The molecule has 2 N–H and O–H groups in total. The molecule has 0 saturated carbocycles. The zero-order chi connectivity index (χ0) is 15.9. The first-order valence-electron chi connectivity index (χ1n) is 7.52. The van der Waals surface area contributed by atoms with E-state index in [0.717, 1.165) is 18.4 Å².